The van der Waals surface area contributed by atoms with Crippen molar-refractivity contribution < 1.29 is 14.3 Å². The number of hydrogen-bond acceptors (Lipinski definition) is 8. The van der Waals surface area contributed by atoms with Crippen molar-refractivity contribution in [2.75, 3.05) is 18.2 Å². The fourth-order valence-corrected chi connectivity index (χ4v) is 5.40. The summed E-state index contributed by atoms with van der Waals surface area (Å²) in [6.07, 6.45) is 0. The number of amides is 1. The second-order valence-corrected chi connectivity index (χ2v) is 9.76. The van der Waals surface area contributed by atoms with Crippen molar-refractivity contribution >= 4 is 51.3 Å². The molecule has 29 heavy (non-hydrogen) atoms. The Labute approximate surface area is 181 Å². The highest BCUT2D eigenvalue weighted by atomic mass is 32.2. The number of nitrogens with one attached hydrogen (secondary N) is 1. The Morgan fingerprint density at radius 2 is 1.90 bits per heavy atom. The Kier molecular flexibility index (Phi) is 6.45. The summed E-state index contributed by atoms with van der Waals surface area (Å²) in [6.45, 7) is 7.90. The Hall–Kier alpha value is -2.17. The topological polar surface area (TPSA) is 86.1 Å². The second-order valence-electron chi connectivity index (χ2n) is 6.51. The zero-order valence-corrected chi connectivity index (χ0v) is 19.5. The Morgan fingerprint density at radius 1 is 1.17 bits per heavy atom. The first-order valence-corrected chi connectivity index (χ1v) is 11.5. The molecule has 154 valence electrons. The van der Waals surface area contributed by atoms with Crippen LogP contribution >= 0.6 is 34.4 Å². The molecule has 3 aromatic rings. The summed E-state index contributed by atoms with van der Waals surface area (Å²) in [6, 6.07) is 0. The molecule has 3 rings (SSSR count). The fourth-order valence-electron chi connectivity index (χ4n) is 2.76. The van der Waals surface area contributed by atoms with Crippen LogP contribution in [0.1, 0.15) is 31.2 Å². The van der Waals surface area contributed by atoms with Crippen LogP contribution in [-0.4, -0.2) is 39.5 Å². The van der Waals surface area contributed by atoms with Gasteiger partial charge in [-0.05, 0) is 38.8 Å². The molecule has 0 saturated heterocycles. The van der Waals surface area contributed by atoms with Gasteiger partial charge in [0.1, 0.15) is 5.00 Å². The third-order valence-electron chi connectivity index (χ3n) is 4.72. The average molecular weight is 451 g/mol. The van der Waals surface area contributed by atoms with E-state index in [2.05, 4.69) is 34.7 Å². The number of thioether (sulfide) groups is 1. The predicted octanol–water partition coefficient (Wildman–Crippen LogP) is 4.36. The molecule has 0 aliphatic heterocycles. The minimum Gasteiger partial charge on any atom is -0.465 e. The van der Waals surface area contributed by atoms with Crippen LogP contribution in [0.15, 0.2) is 10.5 Å². The highest BCUT2D eigenvalue weighted by molar-refractivity contribution is 7.99. The lowest BCUT2D eigenvalue weighted by Gasteiger charge is -2.06. The summed E-state index contributed by atoms with van der Waals surface area (Å²) < 4.78 is 6.74. The van der Waals surface area contributed by atoms with Crippen LogP contribution in [0.25, 0.3) is 11.4 Å². The van der Waals surface area contributed by atoms with Gasteiger partial charge in [-0.3, -0.25) is 4.79 Å². The Bertz CT molecular complexity index is 1080. The first kappa shape index (κ1) is 21.5. The SMILES string of the molecule is COC(=O)c1c(NC(=O)CSc2nnc(-c3csc(C)c3C)n2C)sc(C)c1C. The van der Waals surface area contributed by atoms with E-state index in [0.29, 0.717) is 15.7 Å². The van der Waals surface area contributed by atoms with Gasteiger partial charge in [0.05, 0.1) is 18.4 Å². The molecule has 7 nitrogen and oxygen atoms in total. The molecule has 0 spiro atoms. The standard InChI is InChI=1S/C19H22N4O3S3/c1-9-11(3)27-7-13(9)16-21-22-19(23(16)5)28-8-14(24)20-17-15(18(25)26-6)10(2)12(4)29-17/h7H,8H2,1-6H3,(H,20,24). The van der Waals surface area contributed by atoms with Crippen LogP contribution in [0.3, 0.4) is 0 Å². The number of carbonyl (C=O) groups excluding carboxylic acids is 2. The summed E-state index contributed by atoms with van der Waals surface area (Å²) in [7, 11) is 3.22. The summed E-state index contributed by atoms with van der Waals surface area (Å²) in [4.78, 5) is 26.7. The van der Waals surface area contributed by atoms with Gasteiger partial charge in [-0.25, -0.2) is 4.79 Å². The molecular weight excluding hydrogens is 428 g/mol. The molecule has 0 radical (unpaired) electrons. The molecule has 1 amide bonds. The van der Waals surface area contributed by atoms with Crippen molar-refractivity contribution in [3.05, 3.63) is 31.8 Å². The van der Waals surface area contributed by atoms with Gasteiger partial charge in [-0.2, -0.15) is 0 Å². The predicted molar refractivity (Wildman–Crippen MR) is 118 cm³/mol. The van der Waals surface area contributed by atoms with E-state index >= 15 is 0 Å². The smallest absolute Gasteiger partial charge is 0.341 e. The van der Waals surface area contributed by atoms with Gasteiger partial charge in [0.15, 0.2) is 11.0 Å². The molecule has 0 aliphatic carbocycles. The van der Waals surface area contributed by atoms with E-state index in [1.165, 1.54) is 40.6 Å². The molecule has 1 N–H and O–H groups in total. The van der Waals surface area contributed by atoms with Crippen molar-refractivity contribution in [3.8, 4) is 11.4 Å². The van der Waals surface area contributed by atoms with Gasteiger partial charge in [0.25, 0.3) is 0 Å². The number of aryl methyl sites for hydroxylation is 2. The number of aromatic nitrogens is 3. The van der Waals surface area contributed by atoms with Crippen LogP contribution < -0.4 is 5.32 Å². The molecule has 0 bridgehead atoms. The summed E-state index contributed by atoms with van der Waals surface area (Å²) in [5.74, 6) is 0.277. The van der Waals surface area contributed by atoms with Gasteiger partial charge in [0, 0.05) is 27.7 Å². The van der Waals surface area contributed by atoms with E-state index in [9.17, 15) is 9.59 Å². The van der Waals surface area contributed by atoms with Crippen molar-refractivity contribution in [2.24, 2.45) is 7.05 Å². The van der Waals surface area contributed by atoms with Crippen LogP contribution in [0, 0.1) is 27.7 Å². The number of anilines is 1. The minimum absolute atomic E-state index is 0.157. The van der Waals surface area contributed by atoms with Crippen LogP contribution in [0.2, 0.25) is 0 Å². The lowest BCUT2D eigenvalue weighted by atomic mass is 10.1. The molecule has 0 aliphatic rings. The zero-order chi connectivity index (χ0) is 21.3. The van der Waals surface area contributed by atoms with E-state index in [4.69, 9.17) is 4.74 Å². The van der Waals surface area contributed by atoms with E-state index in [1.54, 1.807) is 11.3 Å². The summed E-state index contributed by atoms with van der Waals surface area (Å²) in [5.41, 5.74) is 3.49. The monoisotopic (exact) mass is 450 g/mol. The number of nitrogens with zero attached hydrogens (tertiary/aromatic N) is 3. The number of methoxy groups -OCH3 is 1. The maximum absolute atomic E-state index is 12.5. The normalized spacial score (nSPS) is 11.0. The fraction of sp³-hybridized carbons (Fsp3) is 0.368. The maximum atomic E-state index is 12.5. The molecule has 3 aromatic heterocycles. The Morgan fingerprint density at radius 3 is 2.52 bits per heavy atom. The quantitative estimate of drug-likeness (QED) is 0.444. The lowest BCUT2D eigenvalue weighted by molar-refractivity contribution is -0.113. The van der Waals surface area contributed by atoms with Crippen molar-refractivity contribution in [1.29, 1.82) is 0 Å². The largest absolute Gasteiger partial charge is 0.465 e. The molecular formula is C19H22N4O3S3. The minimum atomic E-state index is -0.450. The number of esters is 1. The molecule has 0 unspecified atom stereocenters. The maximum Gasteiger partial charge on any atom is 0.341 e. The third kappa shape index (κ3) is 4.24. The highest BCUT2D eigenvalue weighted by Crippen LogP contribution is 2.34. The van der Waals surface area contributed by atoms with Crippen LogP contribution in [0.4, 0.5) is 5.00 Å². The van der Waals surface area contributed by atoms with Gasteiger partial charge in [-0.1, -0.05) is 11.8 Å². The molecule has 10 heteroatoms. The van der Waals surface area contributed by atoms with Crippen molar-refractivity contribution in [3.63, 3.8) is 0 Å². The van der Waals surface area contributed by atoms with E-state index in [1.807, 2.05) is 25.5 Å². The molecule has 3 heterocycles. The molecule has 0 aromatic carbocycles. The first-order chi connectivity index (χ1) is 13.7. The Balaban J connectivity index is 1.71. The highest BCUT2D eigenvalue weighted by Gasteiger charge is 2.22. The van der Waals surface area contributed by atoms with Gasteiger partial charge in [0.2, 0.25) is 5.91 Å². The third-order valence-corrected chi connectivity index (χ3v) is 7.88. The number of thiophene rings is 2. The summed E-state index contributed by atoms with van der Waals surface area (Å²) >= 11 is 4.36. The van der Waals surface area contributed by atoms with Gasteiger partial charge < -0.3 is 14.6 Å². The van der Waals surface area contributed by atoms with Gasteiger partial charge >= 0.3 is 5.97 Å². The van der Waals surface area contributed by atoms with E-state index in [0.717, 1.165) is 21.8 Å². The molecule has 0 atom stereocenters. The first-order valence-electron chi connectivity index (χ1n) is 8.80. The average Bonchev–Trinajstić information content (AvgIpc) is 3.30. The number of carbonyl (C=O) groups is 2. The van der Waals surface area contributed by atoms with Gasteiger partial charge in [-0.15, -0.1) is 32.9 Å². The van der Waals surface area contributed by atoms with Crippen molar-refractivity contribution in [2.45, 2.75) is 32.9 Å². The van der Waals surface area contributed by atoms with Crippen LogP contribution in [-0.2, 0) is 16.6 Å². The van der Waals surface area contributed by atoms with E-state index in [-0.39, 0.29) is 11.7 Å². The zero-order valence-electron chi connectivity index (χ0n) is 17.1. The summed E-state index contributed by atoms with van der Waals surface area (Å²) in [5, 5.41) is 14.6. The molecule has 0 fully saturated rings. The van der Waals surface area contributed by atoms with E-state index < -0.39 is 5.97 Å². The second kappa shape index (κ2) is 8.68. The number of ether oxygens (including phenoxy) is 1. The number of hydrogen-bond donors (Lipinski definition) is 1. The molecule has 0 saturated carbocycles. The van der Waals surface area contributed by atoms with Crippen molar-refractivity contribution in [1.82, 2.24) is 14.8 Å². The van der Waals surface area contributed by atoms with Crippen LogP contribution in [0.5, 0.6) is 0 Å². The lowest BCUT2D eigenvalue weighted by Crippen LogP contribution is -2.16. The number of rotatable bonds is 6.